The van der Waals surface area contributed by atoms with Crippen LogP contribution in [-0.2, 0) is 36.0 Å². The first-order valence-electron chi connectivity index (χ1n) is 18.8. The van der Waals surface area contributed by atoms with Crippen molar-refractivity contribution >= 4 is 41.4 Å². The maximum Gasteiger partial charge on any atom is 0.416 e. The van der Waals surface area contributed by atoms with E-state index in [-0.39, 0.29) is 0 Å². The van der Waals surface area contributed by atoms with Gasteiger partial charge in [-0.15, -0.1) is 11.3 Å². The van der Waals surface area contributed by atoms with Gasteiger partial charge < -0.3 is 0 Å². The molecular formula is C47H37F6N2PS. The average molecular weight is 807 g/mol. The minimum absolute atomic E-state index is 0.500. The Morgan fingerprint density at radius 2 is 0.965 bits per heavy atom. The molecule has 9 rings (SSSR count). The molecule has 0 unspecified atom stereocenters. The summed E-state index contributed by atoms with van der Waals surface area (Å²) < 4.78 is 82.6. The highest BCUT2D eigenvalue weighted by atomic mass is 32.1. The summed E-state index contributed by atoms with van der Waals surface area (Å²) in [6.45, 7) is 9.00. The first-order valence-corrected chi connectivity index (χ1v) is 21.0. The van der Waals surface area contributed by atoms with Crippen molar-refractivity contribution in [1.29, 1.82) is 0 Å². The lowest BCUT2D eigenvalue weighted by atomic mass is 9.81. The monoisotopic (exact) mass is 806 g/mol. The summed E-state index contributed by atoms with van der Waals surface area (Å²) in [7, 11) is -1.02. The van der Waals surface area contributed by atoms with Crippen molar-refractivity contribution in [2.45, 2.75) is 70.1 Å². The Bertz CT molecular complexity index is 2480. The van der Waals surface area contributed by atoms with Crippen LogP contribution in [0.5, 0.6) is 0 Å². The van der Waals surface area contributed by atoms with Gasteiger partial charge in [0.15, 0.2) is 0 Å². The lowest BCUT2D eigenvalue weighted by molar-refractivity contribution is -0.138. The van der Waals surface area contributed by atoms with E-state index in [1.54, 1.807) is 0 Å². The number of hydrogen-bond acceptors (Lipinski definition) is 3. The second-order valence-corrected chi connectivity index (χ2v) is 19.1. The van der Waals surface area contributed by atoms with Crippen LogP contribution in [0.1, 0.15) is 87.8 Å². The number of halogens is 6. The fourth-order valence-electron chi connectivity index (χ4n) is 8.83. The number of nitrogens with zero attached hydrogens (tertiary/aromatic N) is 2. The van der Waals surface area contributed by atoms with Crippen LogP contribution in [-0.4, -0.2) is 11.4 Å². The highest BCUT2D eigenvalue weighted by Crippen LogP contribution is 2.62. The molecule has 288 valence electrons. The van der Waals surface area contributed by atoms with Crippen molar-refractivity contribution < 1.29 is 26.3 Å². The molecule has 0 atom stereocenters. The Morgan fingerprint density at radius 3 is 1.37 bits per heavy atom. The molecule has 1 aliphatic carbocycles. The van der Waals surface area contributed by atoms with E-state index in [0.717, 1.165) is 64.7 Å². The number of thiophene rings is 1. The first kappa shape index (κ1) is 37.6. The molecule has 2 aromatic heterocycles. The van der Waals surface area contributed by atoms with E-state index < -0.39 is 41.8 Å². The van der Waals surface area contributed by atoms with E-state index in [2.05, 4.69) is 64.1 Å². The van der Waals surface area contributed by atoms with Crippen LogP contribution in [0.2, 0.25) is 0 Å². The lowest BCUT2D eigenvalue weighted by Crippen LogP contribution is -2.28. The van der Waals surface area contributed by atoms with Crippen LogP contribution in [0.15, 0.2) is 137 Å². The Hall–Kier alpha value is -4.98. The molecule has 5 aromatic rings. The smallest absolute Gasteiger partial charge is 0.252 e. The molecule has 0 amide bonds. The van der Waals surface area contributed by atoms with Crippen LogP contribution in [0, 0.1) is 0 Å². The predicted octanol–water partition coefficient (Wildman–Crippen LogP) is 14.1. The molecule has 0 N–H and O–H groups in total. The fraction of sp³-hybridized carbons (Fsp3) is 0.234. The summed E-state index contributed by atoms with van der Waals surface area (Å²) in [6, 6.07) is 24.8. The topological polar surface area (TPSA) is 24.7 Å². The van der Waals surface area contributed by atoms with E-state index in [0.29, 0.717) is 33.7 Å². The molecule has 0 radical (unpaired) electrons. The van der Waals surface area contributed by atoms with Crippen LogP contribution in [0.25, 0.3) is 16.5 Å². The first-order chi connectivity index (χ1) is 27.0. The summed E-state index contributed by atoms with van der Waals surface area (Å²) in [4.78, 5) is 12.2. The Kier molecular flexibility index (Phi) is 8.76. The number of benzene rings is 3. The molecule has 10 heteroatoms. The van der Waals surface area contributed by atoms with Crippen molar-refractivity contribution in [3.05, 3.63) is 180 Å². The van der Waals surface area contributed by atoms with Crippen molar-refractivity contribution in [2.24, 2.45) is 9.98 Å². The number of aliphatic imine (C=N–C) groups is 2. The Labute approximate surface area is 332 Å². The number of hydrogen-bond donors (Lipinski definition) is 0. The number of allylic oxidation sites excluding steroid dienone is 4. The van der Waals surface area contributed by atoms with Crippen molar-refractivity contribution in [3.63, 3.8) is 0 Å². The van der Waals surface area contributed by atoms with Gasteiger partial charge in [-0.25, -0.2) is 0 Å². The third-order valence-corrected chi connectivity index (χ3v) is 16.1. The molecule has 0 saturated heterocycles. The van der Waals surface area contributed by atoms with Gasteiger partial charge in [-0.05, 0) is 146 Å². The van der Waals surface area contributed by atoms with Crippen LogP contribution < -0.4 is 0 Å². The standard InChI is InChI=1S/C47H37F6N2PS/c1-44(2)38-25-21-34(54-38)40(27-13-17-29(18-14-27)46(48,49)50)36-23-24-37(57-36)41(28-15-19-30(20-16-28)47(51,52)53)35-22-26-39(55-35)45(3,4)43-33-12-8-11-32(33)42(44)56(43)31-9-6-5-7-10-31/h5-7,9-10,13-26H,8,11-12H2,1-4H3/b40-34-,41-35-. The molecule has 4 aliphatic rings. The van der Waals surface area contributed by atoms with Gasteiger partial charge in [0.2, 0.25) is 0 Å². The van der Waals surface area contributed by atoms with Gasteiger partial charge in [0.1, 0.15) is 0 Å². The molecule has 0 spiro atoms. The van der Waals surface area contributed by atoms with E-state index in [1.807, 2.05) is 30.4 Å². The number of rotatable bonds is 3. The van der Waals surface area contributed by atoms with Gasteiger partial charge in [0, 0.05) is 31.7 Å². The van der Waals surface area contributed by atoms with Crippen molar-refractivity contribution in [3.8, 4) is 5.30 Å². The van der Waals surface area contributed by atoms with Gasteiger partial charge in [-0.3, -0.25) is 9.98 Å². The van der Waals surface area contributed by atoms with Gasteiger partial charge in [-0.1, -0.05) is 62.1 Å². The fourth-order valence-corrected chi connectivity index (χ4v) is 13.6. The molecule has 2 nitrogen and oxygen atoms in total. The number of alkyl halides is 6. The lowest BCUT2D eigenvalue weighted by Gasteiger charge is -2.31. The maximum absolute atomic E-state index is 13.8. The van der Waals surface area contributed by atoms with Crippen LogP contribution in [0.3, 0.4) is 0 Å². The summed E-state index contributed by atoms with van der Waals surface area (Å²) in [5.41, 5.74) is 5.82. The second-order valence-electron chi connectivity index (χ2n) is 15.9. The van der Waals surface area contributed by atoms with Gasteiger partial charge in [0.05, 0.1) is 33.9 Å². The summed E-state index contributed by atoms with van der Waals surface area (Å²) in [5.74, 6) is 0. The highest BCUT2D eigenvalue weighted by molar-refractivity contribution is 7.59. The predicted molar refractivity (Wildman–Crippen MR) is 221 cm³/mol. The molecule has 57 heavy (non-hydrogen) atoms. The van der Waals surface area contributed by atoms with E-state index >= 15 is 0 Å². The highest BCUT2D eigenvalue weighted by Gasteiger charge is 2.44. The molecular weight excluding hydrogens is 770 g/mol. The molecule has 0 fully saturated rings. The van der Waals surface area contributed by atoms with Gasteiger partial charge in [-0.2, -0.15) is 26.3 Å². The summed E-state index contributed by atoms with van der Waals surface area (Å²) in [5, 5.41) is 3.98. The quantitative estimate of drug-likeness (QED) is 0.162. The molecule has 5 heterocycles. The minimum Gasteiger partial charge on any atom is -0.252 e. The normalized spacial score (nSPS) is 20.9. The molecule has 3 aliphatic heterocycles. The number of fused-ring (bicyclic) bond motifs is 9. The minimum atomic E-state index is -4.50. The van der Waals surface area contributed by atoms with Crippen LogP contribution >= 0.6 is 18.9 Å². The van der Waals surface area contributed by atoms with Gasteiger partial charge in [0.25, 0.3) is 0 Å². The maximum atomic E-state index is 13.8. The Balaban J connectivity index is 1.36. The van der Waals surface area contributed by atoms with E-state index in [1.165, 1.54) is 62.6 Å². The van der Waals surface area contributed by atoms with Crippen molar-refractivity contribution in [2.75, 3.05) is 0 Å². The van der Waals surface area contributed by atoms with E-state index in [4.69, 9.17) is 9.98 Å². The summed E-state index contributed by atoms with van der Waals surface area (Å²) >= 11 is 1.41. The van der Waals surface area contributed by atoms with Crippen LogP contribution in [0.4, 0.5) is 26.3 Å². The van der Waals surface area contributed by atoms with E-state index in [9.17, 15) is 26.3 Å². The Morgan fingerprint density at radius 1 is 0.544 bits per heavy atom. The third kappa shape index (κ3) is 6.25. The largest absolute Gasteiger partial charge is 0.416 e. The molecule has 8 bridgehead atoms. The SMILES string of the molecule is CC1(C)C2=N/C(=C(/c3ccc(C(F)(F)F)cc3)c3ccc(s3)/C(c3ccc(C(F)(F)F)cc3)=C3/C=CC(=N3)C(C)(C)c3c4c(c1p3-c1ccccc1)CCC4)C=C2. The van der Waals surface area contributed by atoms with Gasteiger partial charge >= 0.3 is 12.4 Å². The third-order valence-electron chi connectivity index (χ3n) is 11.6. The average Bonchev–Trinajstić information content (AvgIpc) is 4.01. The molecule has 3 aromatic carbocycles. The van der Waals surface area contributed by atoms with Crippen molar-refractivity contribution in [1.82, 2.24) is 0 Å². The zero-order valence-electron chi connectivity index (χ0n) is 31.6. The zero-order valence-corrected chi connectivity index (χ0v) is 33.3. The molecule has 0 saturated carbocycles. The zero-order chi connectivity index (χ0) is 40.1. The second kappa shape index (κ2) is 13.3. The summed E-state index contributed by atoms with van der Waals surface area (Å²) in [6.07, 6.45) is 1.99.